The van der Waals surface area contributed by atoms with Crippen molar-refractivity contribution in [3.05, 3.63) is 69.0 Å². The van der Waals surface area contributed by atoms with Gasteiger partial charge in [-0.1, -0.05) is 6.07 Å². The minimum absolute atomic E-state index is 0.0743. The smallest absolute Gasteiger partial charge is 0.308 e. The largest absolute Gasteiger partial charge is 0.618 e. The number of sulfone groups is 1. The quantitative estimate of drug-likeness (QED) is 0.368. The second kappa shape index (κ2) is 5.49. The number of aryl methyl sites for hydroxylation is 1. The zero-order chi connectivity index (χ0) is 15.6. The lowest BCUT2D eigenvalue weighted by molar-refractivity contribution is -0.646. The zero-order valence-corrected chi connectivity index (χ0v) is 11.9. The van der Waals surface area contributed by atoms with E-state index in [2.05, 4.69) is 0 Å². The predicted octanol–water partition coefficient (Wildman–Crippen LogP) is 1.51. The van der Waals surface area contributed by atoms with Gasteiger partial charge in [-0.3, -0.25) is 10.1 Å². The SMILES string of the molecule is Cc1cc(CS(=O)(=O)c2cccc[n+]2[O-])ccc1[N+](=O)[O-]. The van der Waals surface area contributed by atoms with Crippen molar-refractivity contribution < 1.29 is 18.1 Å². The molecule has 8 heteroatoms. The molecule has 0 unspecified atom stereocenters. The maximum absolute atomic E-state index is 12.2. The van der Waals surface area contributed by atoms with Crippen LogP contribution in [0, 0.1) is 22.2 Å². The van der Waals surface area contributed by atoms with Crippen molar-refractivity contribution in [1.29, 1.82) is 0 Å². The van der Waals surface area contributed by atoms with Gasteiger partial charge in [0.05, 0.1) is 10.7 Å². The number of benzene rings is 1. The maximum atomic E-state index is 12.2. The minimum atomic E-state index is -3.81. The summed E-state index contributed by atoms with van der Waals surface area (Å²) < 4.78 is 24.7. The van der Waals surface area contributed by atoms with Crippen molar-refractivity contribution in [2.45, 2.75) is 17.7 Å². The Balaban J connectivity index is 2.36. The first-order chi connectivity index (χ1) is 9.81. The highest BCUT2D eigenvalue weighted by Crippen LogP contribution is 2.21. The van der Waals surface area contributed by atoms with Crippen LogP contribution < -0.4 is 4.73 Å². The average molecular weight is 308 g/mol. The van der Waals surface area contributed by atoms with E-state index in [9.17, 15) is 23.7 Å². The lowest BCUT2D eigenvalue weighted by atomic mass is 10.1. The number of nitro groups is 1. The fourth-order valence-electron chi connectivity index (χ4n) is 1.96. The molecule has 0 amide bonds. The van der Waals surface area contributed by atoms with Crippen molar-refractivity contribution in [2.75, 3.05) is 0 Å². The topological polar surface area (TPSA) is 104 Å². The molecule has 0 bridgehead atoms. The first-order valence-electron chi connectivity index (χ1n) is 5.96. The van der Waals surface area contributed by atoms with E-state index in [1.165, 1.54) is 43.3 Å². The van der Waals surface area contributed by atoms with Crippen LogP contribution in [0.2, 0.25) is 0 Å². The third-order valence-corrected chi connectivity index (χ3v) is 4.59. The number of hydrogen-bond donors (Lipinski definition) is 0. The second-order valence-corrected chi connectivity index (χ2v) is 6.44. The van der Waals surface area contributed by atoms with E-state index in [1.807, 2.05) is 0 Å². The number of aromatic nitrogens is 1. The van der Waals surface area contributed by atoms with E-state index in [1.54, 1.807) is 0 Å². The van der Waals surface area contributed by atoms with Crippen LogP contribution in [0.15, 0.2) is 47.6 Å². The maximum Gasteiger partial charge on any atom is 0.308 e. The Morgan fingerprint density at radius 2 is 1.95 bits per heavy atom. The summed E-state index contributed by atoms with van der Waals surface area (Å²) in [6, 6.07) is 8.19. The lowest BCUT2D eigenvalue weighted by Crippen LogP contribution is -2.33. The number of rotatable bonds is 4. The highest BCUT2D eigenvalue weighted by molar-refractivity contribution is 7.90. The standard InChI is InChI=1S/C13H12N2O5S/c1-10-8-11(5-6-12(10)15(17)18)9-21(19,20)13-4-2-3-7-14(13)16/h2-8H,9H2,1H3. The third kappa shape index (κ3) is 3.16. The lowest BCUT2D eigenvalue weighted by Gasteiger charge is -2.06. The van der Waals surface area contributed by atoms with Gasteiger partial charge < -0.3 is 5.21 Å². The summed E-state index contributed by atoms with van der Waals surface area (Å²) in [6.45, 7) is 1.53. The van der Waals surface area contributed by atoms with Crippen LogP contribution in [0.5, 0.6) is 0 Å². The molecule has 1 aromatic heterocycles. The number of pyridine rings is 1. The van der Waals surface area contributed by atoms with Gasteiger partial charge in [-0.05, 0) is 24.6 Å². The third-order valence-electron chi connectivity index (χ3n) is 2.92. The van der Waals surface area contributed by atoms with Crippen LogP contribution in [-0.4, -0.2) is 13.3 Å². The molecule has 0 saturated carbocycles. The molecule has 0 fully saturated rings. The summed E-state index contributed by atoms with van der Waals surface area (Å²) in [5.74, 6) is -0.391. The molecule has 21 heavy (non-hydrogen) atoms. The highest BCUT2D eigenvalue weighted by Gasteiger charge is 2.24. The van der Waals surface area contributed by atoms with Crippen molar-refractivity contribution in [1.82, 2.24) is 0 Å². The van der Waals surface area contributed by atoms with Gasteiger partial charge in [0.15, 0.2) is 6.20 Å². The first kappa shape index (κ1) is 14.9. The second-order valence-electron chi connectivity index (χ2n) is 4.50. The molecule has 0 aliphatic rings. The fraction of sp³-hybridized carbons (Fsp3) is 0.154. The molecule has 0 aliphatic heterocycles. The van der Waals surface area contributed by atoms with Crippen molar-refractivity contribution in [3.8, 4) is 0 Å². The summed E-state index contributed by atoms with van der Waals surface area (Å²) in [7, 11) is -3.81. The van der Waals surface area contributed by atoms with Crippen molar-refractivity contribution in [2.24, 2.45) is 0 Å². The van der Waals surface area contributed by atoms with Crippen LogP contribution in [0.25, 0.3) is 0 Å². The van der Waals surface area contributed by atoms with Gasteiger partial charge in [-0.15, -0.1) is 0 Å². The van der Waals surface area contributed by atoms with Crippen LogP contribution in [0.4, 0.5) is 5.69 Å². The fourth-order valence-corrected chi connectivity index (χ4v) is 3.35. The molecular weight excluding hydrogens is 296 g/mol. The molecule has 1 heterocycles. The summed E-state index contributed by atoms with van der Waals surface area (Å²) in [5.41, 5.74) is 0.687. The Labute approximate surface area is 121 Å². The summed E-state index contributed by atoms with van der Waals surface area (Å²) in [6.07, 6.45) is 1.11. The Hall–Kier alpha value is -2.48. The van der Waals surface area contributed by atoms with Gasteiger partial charge in [-0.25, -0.2) is 8.42 Å². The Morgan fingerprint density at radius 1 is 1.24 bits per heavy atom. The van der Waals surface area contributed by atoms with Gasteiger partial charge in [0, 0.05) is 23.8 Å². The Bertz CT molecular complexity index is 802. The molecule has 1 aromatic carbocycles. The summed E-state index contributed by atoms with van der Waals surface area (Å²) >= 11 is 0. The normalized spacial score (nSPS) is 11.3. The van der Waals surface area contributed by atoms with Crippen molar-refractivity contribution in [3.63, 3.8) is 0 Å². The van der Waals surface area contributed by atoms with Crippen LogP contribution in [0.3, 0.4) is 0 Å². The van der Waals surface area contributed by atoms with E-state index in [4.69, 9.17) is 0 Å². The van der Waals surface area contributed by atoms with E-state index in [0.29, 0.717) is 11.1 Å². The molecule has 0 atom stereocenters. The Kier molecular flexibility index (Phi) is 3.90. The molecule has 2 rings (SSSR count). The minimum Gasteiger partial charge on any atom is -0.618 e. The van der Waals surface area contributed by atoms with Gasteiger partial charge in [0.2, 0.25) is 9.84 Å². The Morgan fingerprint density at radius 3 is 2.52 bits per heavy atom. The monoisotopic (exact) mass is 308 g/mol. The highest BCUT2D eigenvalue weighted by atomic mass is 32.2. The summed E-state index contributed by atoms with van der Waals surface area (Å²) in [5, 5.41) is 21.9. The van der Waals surface area contributed by atoms with Crippen LogP contribution >= 0.6 is 0 Å². The zero-order valence-electron chi connectivity index (χ0n) is 11.1. The number of nitrogens with zero attached hydrogens (tertiary/aromatic N) is 2. The molecule has 110 valence electrons. The van der Waals surface area contributed by atoms with Crippen molar-refractivity contribution >= 4 is 15.5 Å². The van der Waals surface area contributed by atoms with E-state index < -0.39 is 20.5 Å². The molecule has 0 N–H and O–H groups in total. The van der Waals surface area contributed by atoms with Gasteiger partial charge >= 0.3 is 5.03 Å². The van der Waals surface area contributed by atoms with Crippen LogP contribution in [0.1, 0.15) is 11.1 Å². The molecule has 2 aromatic rings. The van der Waals surface area contributed by atoms with E-state index in [-0.39, 0.29) is 15.4 Å². The van der Waals surface area contributed by atoms with E-state index >= 15 is 0 Å². The molecule has 0 saturated heterocycles. The molecule has 0 radical (unpaired) electrons. The number of hydrogen-bond acceptors (Lipinski definition) is 5. The first-order valence-corrected chi connectivity index (χ1v) is 7.61. The predicted molar refractivity (Wildman–Crippen MR) is 74.1 cm³/mol. The summed E-state index contributed by atoms with van der Waals surface area (Å²) in [4.78, 5) is 10.2. The molecule has 7 nitrogen and oxygen atoms in total. The average Bonchev–Trinajstić information content (AvgIpc) is 2.38. The van der Waals surface area contributed by atoms with Gasteiger partial charge in [-0.2, -0.15) is 4.73 Å². The molecule has 0 spiro atoms. The molecular formula is C13H12N2O5S. The molecule has 0 aliphatic carbocycles. The van der Waals surface area contributed by atoms with Gasteiger partial charge in [0.1, 0.15) is 0 Å². The van der Waals surface area contributed by atoms with Gasteiger partial charge in [0.25, 0.3) is 5.69 Å². The number of nitro benzene ring substituents is 1. The van der Waals surface area contributed by atoms with E-state index in [0.717, 1.165) is 6.20 Å². The van der Waals surface area contributed by atoms with Crippen LogP contribution in [-0.2, 0) is 15.6 Å².